The second-order valence-corrected chi connectivity index (χ2v) is 4.96. The monoisotopic (exact) mass is 295 g/mol. The molecule has 0 spiro atoms. The van der Waals surface area contributed by atoms with Crippen molar-refractivity contribution in [1.82, 2.24) is 19.7 Å². The summed E-state index contributed by atoms with van der Waals surface area (Å²) in [4.78, 5) is 10.5. The van der Waals surface area contributed by atoms with Crippen LogP contribution in [0.5, 0.6) is 0 Å². The Labute approximate surface area is 128 Å². The fourth-order valence-corrected chi connectivity index (χ4v) is 2.00. The molecule has 0 atom stereocenters. The van der Waals surface area contributed by atoms with Gasteiger partial charge in [0.25, 0.3) is 0 Å². The van der Waals surface area contributed by atoms with Crippen molar-refractivity contribution in [3.05, 3.63) is 48.7 Å². The van der Waals surface area contributed by atoms with E-state index in [-0.39, 0.29) is 5.95 Å². The van der Waals surface area contributed by atoms with Crippen molar-refractivity contribution in [3.8, 4) is 5.82 Å². The Kier molecular flexibility index (Phi) is 3.61. The van der Waals surface area contributed by atoms with Crippen LogP contribution in [0.2, 0.25) is 0 Å². The van der Waals surface area contributed by atoms with E-state index >= 15 is 0 Å². The molecule has 2 aromatic heterocycles. The van der Waals surface area contributed by atoms with Crippen molar-refractivity contribution in [2.45, 2.75) is 0 Å². The van der Waals surface area contributed by atoms with Gasteiger partial charge in [0.1, 0.15) is 0 Å². The van der Waals surface area contributed by atoms with Gasteiger partial charge in [-0.2, -0.15) is 9.67 Å². The molecular weight excluding hydrogens is 278 g/mol. The molecule has 0 fully saturated rings. The number of benzene rings is 1. The number of hydrogen-bond donors (Lipinski definition) is 2. The third-order valence-electron chi connectivity index (χ3n) is 3.14. The van der Waals surface area contributed by atoms with Crippen molar-refractivity contribution in [2.24, 2.45) is 0 Å². The Bertz CT molecular complexity index is 747. The van der Waals surface area contributed by atoms with Gasteiger partial charge in [-0.1, -0.05) is 6.07 Å². The SMILES string of the molecule is CN(C)c1ccc(Nc2nc(N)n(-c3ccccn3)n2)cc1. The van der Waals surface area contributed by atoms with E-state index < -0.39 is 0 Å². The molecule has 0 aliphatic heterocycles. The van der Waals surface area contributed by atoms with Crippen LogP contribution in [0.4, 0.5) is 23.3 Å². The van der Waals surface area contributed by atoms with Crippen molar-refractivity contribution < 1.29 is 0 Å². The fraction of sp³-hybridized carbons (Fsp3) is 0.133. The lowest BCUT2D eigenvalue weighted by Crippen LogP contribution is -2.08. The summed E-state index contributed by atoms with van der Waals surface area (Å²) in [5.74, 6) is 1.34. The largest absolute Gasteiger partial charge is 0.378 e. The van der Waals surface area contributed by atoms with E-state index in [1.54, 1.807) is 6.20 Å². The van der Waals surface area contributed by atoms with Gasteiger partial charge in [0, 0.05) is 31.7 Å². The average molecular weight is 295 g/mol. The molecule has 22 heavy (non-hydrogen) atoms. The molecule has 0 radical (unpaired) electrons. The van der Waals surface area contributed by atoms with E-state index in [1.165, 1.54) is 4.68 Å². The number of rotatable bonds is 4. The first-order valence-electron chi connectivity index (χ1n) is 6.82. The second kappa shape index (κ2) is 5.72. The van der Waals surface area contributed by atoms with Crippen LogP contribution in [0, 0.1) is 0 Å². The molecule has 0 aliphatic rings. The topological polar surface area (TPSA) is 84.9 Å². The number of anilines is 4. The van der Waals surface area contributed by atoms with Crippen LogP contribution in [-0.2, 0) is 0 Å². The van der Waals surface area contributed by atoms with Crippen LogP contribution >= 0.6 is 0 Å². The van der Waals surface area contributed by atoms with Gasteiger partial charge in [0.15, 0.2) is 5.82 Å². The molecule has 0 saturated heterocycles. The minimum atomic E-state index is 0.283. The lowest BCUT2D eigenvalue weighted by molar-refractivity contribution is 0.859. The Morgan fingerprint density at radius 3 is 2.50 bits per heavy atom. The number of pyridine rings is 1. The molecule has 112 valence electrons. The second-order valence-electron chi connectivity index (χ2n) is 4.96. The summed E-state index contributed by atoms with van der Waals surface area (Å²) >= 11 is 0. The minimum absolute atomic E-state index is 0.283. The number of nitrogens with two attached hydrogens (primary N) is 1. The van der Waals surface area contributed by atoms with Gasteiger partial charge in [0.2, 0.25) is 11.9 Å². The molecule has 7 heteroatoms. The molecule has 0 aliphatic carbocycles. The van der Waals surface area contributed by atoms with Crippen LogP contribution in [0.25, 0.3) is 5.82 Å². The third-order valence-corrected chi connectivity index (χ3v) is 3.14. The third kappa shape index (κ3) is 2.83. The Hall–Kier alpha value is -3.09. The van der Waals surface area contributed by atoms with Crippen LogP contribution in [0.3, 0.4) is 0 Å². The molecule has 1 aromatic carbocycles. The average Bonchev–Trinajstić information content (AvgIpc) is 2.89. The predicted octanol–water partition coefficient (Wildman–Crippen LogP) is 2.05. The van der Waals surface area contributed by atoms with Crippen LogP contribution < -0.4 is 16.0 Å². The van der Waals surface area contributed by atoms with Gasteiger partial charge in [0.05, 0.1) is 0 Å². The number of nitrogen functional groups attached to an aromatic ring is 1. The number of hydrogen-bond acceptors (Lipinski definition) is 6. The van der Waals surface area contributed by atoms with Crippen LogP contribution in [0.1, 0.15) is 0 Å². The zero-order valence-corrected chi connectivity index (χ0v) is 12.4. The zero-order valence-electron chi connectivity index (χ0n) is 12.4. The first kappa shape index (κ1) is 13.9. The molecule has 0 bridgehead atoms. The van der Waals surface area contributed by atoms with E-state index in [0.29, 0.717) is 11.8 Å². The van der Waals surface area contributed by atoms with E-state index in [9.17, 15) is 0 Å². The maximum atomic E-state index is 5.89. The lowest BCUT2D eigenvalue weighted by Gasteiger charge is -2.12. The van der Waals surface area contributed by atoms with Gasteiger partial charge >= 0.3 is 0 Å². The fourth-order valence-electron chi connectivity index (χ4n) is 2.00. The van der Waals surface area contributed by atoms with Crippen molar-refractivity contribution in [2.75, 3.05) is 30.0 Å². The summed E-state index contributed by atoms with van der Waals surface area (Å²) in [5, 5.41) is 7.46. The van der Waals surface area contributed by atoms with E-state index in [2.05, 4.69) is 20.4 Å². The summed E-state index contributed by atoms with van der Waals surface area (Å²) < 4.78 is 1.50. The van der Waals surface area contributed by atoms with E-state index in [0.717, 1.165) is 11.4 Å². The first-order chi connectivity index (χ1) is 10.6. The van der Waals surface area contributed by atoms with E-state index in [4.69, 9.17) is 5.73 Å². The van der Waals surface area contributed by atoms with Gasteiger partial charge in [-0.15, -0.1) is 5.10 Å². The Morgan fingerprint density at radius 2 is 1.86 bits per heavy atom. The minimum Gasteiger partial charge on any atom is -0.378 e. The van der Waals surface area contributed by atoms with Gasteiger partial charge < -0.3 is 16.0 Å². The summed E-state index contributed by atoms with van der Waals surface area (Å²) in [6.45, 7) is 0. The smallest absolute Gasteiger partial charge is 0.248 e. The van der Waals surface area contributed by atoms with Crippen molar-refractivity contribution in [1.29, 1.82) is 0 Å². The number of aromatic nitrogens is 4. The highest BCUT2D eigenvalue weighted by Crippen LogP contribution is 2.19. The summed E-state index contributed by atoms with van der Waals surface area (Å²) in [7, 11) is 4.00. The van der Waals surface area contributed by atoms with Crippen molar-refractivity contribution >= 4 is 23.3 Å². The molecule has 0 unspecified atom stereocenters. The standard InChI is InChI=1S/C15H17N7/c1-21(2)12-8-6-11(7-9-12)18-15-19-14(16)22(20-15)13-5-3-4-10-17-13/h3-10H,1-2H3,(H3,16,18,19,20). The summed E-state index contributed by atoms with van der Waals surface area (Å²) in [6.07, 6.45) is 1.68. The predicted molar refractivity (Wildman–Crippen MR) is 87.6 cm³/mol. The lowest BCUT2D eigenvalue weighted by atomic mass is 10.2. The first-order valence-corrected chi connectivity index (χ1v) is 6.82. The molecule has 0 saturated carbocycles. The van der Waals surface area contributed by atoms with Crippen LogP contribution in [-0.4, -0.2) is 33.8 Å². The van der Waals surface area contributed by atoms with Crippen LogP contribution in [0.15, 0.2) is 48.7 Å². The van der Waals surface area contributed by atoms with Gasteiger partial charge in [-0.3, -0.25) is 0 Å². The Balaban J connectivity index is 1.82. The van der Waals surface area contributed by atoms with Gasteiger partial charge in [-0.25, -0.2) is 4.98 Å². The highest BCUT2D eigenvalue weighted by Gasteiger charge is 2.09. The quantitative estimate of drug-likeness (QED) is 0.766. The maximum absolute atomic E-state index is 5.89. The van der Waals surface area contributed by atoms with E-state index in [1.807, 2.05) is 61.5 Å². The number of nitrogens with zero attached hydrogens (tertiary/aromatic N) is 5. The number of nitrogens with one attached hydrogen (secondary N) is 1. The highest BCUT2D eigenvalue weighted by atomic mass is 15.4. The summed E-state index contributed by atoms with van der Waals surface area (Å²) in [6, 6.07) is 13.5. The molecule has 3 N–H and O–H groups in total. The molecular formula is C15H17N7. The Morgan fingerprint density at radius 1 is 1.09 bits per heavy atom. The highest BCUT2D eigenvalue weighted by molar-refractivity contribution is 5.59. The molecule has 7 nitrogen and oxygen atoms in total. The maximum Gasteiger partial charge on any atom is 0.248 e. The van der Waals surface area contributed by atoms with Crippen molar-refractivity contribution in [3.63, 3.8) is 0 Å². The van der Waals surface area contributed by atoms with Gasteiger partial charge in [-0.05, 0) is 36.4 Å². The molecule has 0 amide bonds. The molecule has 3 aromatic rings. The summed E-state index contributed by atoms with van der Waals surface area (Å²) in [5.41, 5.74) is 7.91. The normalized spacial score (nSPS) is 10.5. The zero-order chi connectivity index (χ0) is 15.5. The molecule has 3 rings (SSSR count). The molecule has 2 heterocycles.